The average molecular weight is 619 g/mol. The molecule has 1 aliphatic carbocycles. The molecule has 1 fully saturated rings. The monoisotopic (exact) mass is 618 g/mol. The fourth-order valence-corrected chi connectivity index (χ4v) is 12.2. The first-order valence-corrected chi connectivity index (χ1v) is 21.6. The number of ketones is 1. The first-order valence-electron chi connectivity index (χ1n) is 16.7. The molecule has 0 unspecified atom stereocenters. The molecule has 0 heterocycles. The molecular weight excluding hydrogens is 561 g/mol. The lowest BCUT2D eigenvalue weighted by molar-refractivity contribution is -0.131. The summed E-state index contributed by atoms with van der Waals surface area (Å²) in [5.74, 6) is 7.08. The van der Waals surface area contributed by atoms with Crippen LogP contribution in [-0.2, 0) is 13.6 Å². The summed E-state index contributed by atoms with van der Waals surface area (Å²) < 4.78 is 14.8. The van der Waals surface area contributed by atoms with Gasteiger partial charge in [-0.3, -0.25) is 4.79 Å². The number of carbonyl (C=O) groups is 1. The summed E-state index contributed by atoms with van der Waals surface area (Å²) in [6, 6.07) is 21.4. The average Bonchev–Trinajstić information content (AvgIpc) is 3.23. The van der Waals surface area contributed by atoms with Crippen LogP contribution in [0.2, 0.25) is 23.2 Å². The molecule has 1 aliphatic rings. The molecule has 0 aliphatic heterocycles. The highest BCUT2D eigenvalue weighted by Gasteiger charge is 2.60. The quantitative estimate of drug-likeness (QED) is 0.128. The van der Waals surface area contributed by atoms with E-state index in [1.54, 1.807) is 0 Å². The molecule has 0 amide bonds. The molecule has 3 nitrogen and oxygen atoms in total. The van der Waals surface area contributed by atoms with Crippen molar-refractivity contribution in [2.24, 2.45) is 0 Å². The van der Waals surface area contributed by atoms with Gasteiger partial charge in [0.1, 0.15) is 0 Å². The van der Waals surface area contributed by atoms with E-state index in [2.05, 4.69) is 134 Å². The van der Waals surface area contributed by atoms with E-state index in [1.807, 2.05) is 0 Å². The standard InChI is InChI=1S/C38H58O3Si2/c1-10-11-12-13-14-15-16-17-24-31-38(41-42(8,9)36(2,3)4)34(39)29-30-35(38)40-43(37(5,6)7,32-25-20-18-21-26-32)33-27-22-19-23-28-33/h18-23,25-28,35H,10-17,29-30H2,1-9H3/t35-,38-/m0/s1. The van der Waals surface area contributed by atoms with Gasteiger partial charge >= 0.3 is 0 Å². The molecule has 0 radical (unpaired) electrons. The van der Waals surface area contributed by atoms with E-state index in [0.29, 0.717) is 12.8 Å². The predicted octanol–water partition coefficient (Wildman–Crippen LogP) is 9.20. The fourth-order valence-electron chi connectivity index (χ4n) is 6.10. The van der Waals surface area contributed by atoms with Crippen LogP contribution < -0.4 is 10.4 Å². The van der Waals surface area contributed by atoms with Gasteiger partial charge in [-0.25, -0.2) is 0 Å². The van der Waals surface area contributed by atoms with Gasteiger partial charge in [-0.05, 0) is 46.4 Å². The van der Waals surface area contributed by atoms with Crippen LogP contribution in [0.1, 0.15) is 113 Å². The van der Waals surface area contributed by atoms with Crippen LogP contribution in [0.4, 0.5) is 0 Å². The van der Waals surface area contributed by atoms with Crippen molar-refractivity contribution in [2.45, 2.75) is 148 Å². The van der Waals surface area contributed by atoms with E-state index in [1.165, 1.54) is 48.9 Å². The van der Waals surface area contributed by atoms with Gasteiger partial charge in [0.15, 0.2) is 14.1 Å². The zero-order valence-electron chi connectivity index (χ0n) is 28.6. The number of benzene rings is 2. The Morgan fingerprint density at radius 1 is 0.791 bits per heavy atom. The van der Waals surface area contributed by atoms with Crippen LogP contribution in [0.3, 0.4) is 0 Å². The van der Waals surface area contributed by atoms with Gasteiger partial charge in [0.05, 0.1) is 6.10 Å². The summed E-state index contributed by atoms with van der Waals surface area (Å²) in [5.41, 5.74) is -1.24. The van der Waals surface area contributed by atoms with Crippen LogP contribution in [-0.4, -0.2) is 34.1 Å². The highest BCUT2D eigenvalue weighted by molar-refractivity contribution is 6.99. The Morgan fingerprint density at radius 2 is 1.30 bits per heavy atom. The maximum absolute atomic E-state index is 14.1. The van der Waals surface area contributed by atoms with Gasteiger partial charge in [-0.1, -0.05) is 159 Å². The number of Topliss-reactive ketones (excluding diaryl/α,β-unsaturated/α-hetero) is 1. The third-order valence-corrected chi connectivity index (χ3v) is 19.1. The van der Waals surface area contributed by atoms with Crippen LogP contribution in [0.25, 0.3) is 0 Å². The summed E-state index contributed by atoms with van der Waals surface area (Å²) >= 11 is 0. The van der Waals surface area contributed by atoms with Crippen LogP contribution >= 0.6 is 0 Å². The van der Waals surface area contributed by atoms with Crippen molar-refractivity contribution < 1.29 is 13.6 Å². The van der Waals surface area contributed by atoms with Gasteiger partial charge < -0.3 is 8.85 Å². The van der Waals surface area contributed by atoms with Gasteiger partial charge in [0, 0.05) is 12.8 Å². The Balaban J connectivity index is 2.08. The van der Waals surface area contributed by atoms with Crippen molar-refractivity contribution in [1.82, 2.24) is 0 Å². The fraction of sp³-hybridized carbons (Fsp3) is 0.605. The van der Waals surface area contributed by atoms with Crippen LogP contribution in [0.15, 0.2) is 60.7 Å². The lowest BCUT2D eigenvalue weighted by Gasteiger charge is -2.48. The lowest BCUT2D eigenvalue weighted by atomic mass is 9.99. The number of hydrogen-bond donors (Lipinski definition) is 0. The van der Waals surface area contributed by atoms with E-state index in [0.717, 1.165) is 12.8 Å². The second kappa shape index (κ2) is 14.9. The highest BCUT2D eigenvalue weighted by Crippen LogP contribution is 2.46. The smallest absolute Gasteiger partial charge is 0.261 e. The Kier molecular flexibility index (Phi) is 12.3. The Bertz CT molecular complexity index is 1180. The first kappa shape index (κ1) is 35.5. The predicted molar refractivity (Wildman–Crippen MR) is 188 cm³/mol. The second-order valence-corrected chi connectivity index (χ2v) is 24.0. The molecule has 0 bridgehead atoms. The number of unbranched alkanes of at least 4 members (excludes halogenated alkanes) is 7. The molecule has 2 atom stereocenters. The molecule has 0 spiro atoms. The normalized spacial score (nSPS) is 19.7. The minimum absolute atomic E-state index is 0.0645. The summed E-state index contributed by atoms with van der Waals surface area (Å²) in [5, 5.41) is 2.16. The maximum Gasteiger partial charge on any atom is 0.261 e. The topological polar surface area (TPSA) is 35.5 Å². The van der Waals surface area contributed by atoms with Gasteiger partial charge in [0.25, 0.3) is 8.32 Å². The van der Waals surface area contributed by atoms with Crippen molar-refractivity contribution in [3.8, 4) is 11.8 Å². The minimum atomic E-state index is -2.91. The molecule has 0 saturated heterocycles. The van der Waals surface area contributed by atoms with E-state index in [4.69, 9.17) is 8.85 Å². The summed E-state index contributed by atoms with van der Waals surface area (Å²) in [6.07, 6.45) is 10.1. The SMILES string of the molecule is CCCCCCCCCC#C[C@]1(O[Si](C)(C)C(C)(C)C)C(=O)CC[C@@H]1O[Si](c1ccccc1)(c1ccccc1)C(C)(C)C. The zero-order valence-corrected chi connectivity index (χ0v) is 30.6. The third kappa shape index (κ3) is 8.20. The second-order valence-electron chi connectivity index (χ2n) is 15.0. The first-order chi connectivity index (χ1) is 20.2. The number of rotatable bonds is 13. The van der Waals surface area contributed by atoms with Crippen molar-refractivity contribution in [1.29, 1.82) is 0 Å². The van der Waals surface area contributed by atoms with E-state index in [-0.39, 0.29) is 15.9 Å². The molecule has 236 valence electrons. The van der Waals surface area contributed by atoms with Gasteiger partial charge in [-0.15, -0.1) is 0 Å². The molecule has 5 heteroatoms. The summed E-state index contributed by atoms with van der Waals surface area (Å²) in [6.45, 7) is 20.3. The van der Waals surface area contributed by atoms with Crippen molar-refractivity contribution in [3.05, 3.63) is 60.7 Å². The summed E-state index contributed by atoms with van der Waals surface area (Å²) in [7, 11) is -5.30. The molecule has 43 heavy (non-hydrogen) atoms. The number of carbonyl (C=O) groups excluding carboxylic acids is 1. The molecule has 3 rings (SSSR count). The van der Waals surface area contributed by atoms with E-state index in [9.17, 15) is 4.79 Å². The molecule has 2 aromatic carbocycles. The molecular formula is C38H58O3Si2. The lowest BCUT2D eigenvalue weighted by Crippen LogP contribution is -2.70. The highest BCUT2D eigenvalue weighted by atomic mass is 28.4. The summed E-state index contributed by atoms with van der Waals surface area (Å²) in [4.78, 5) is 14.1. The molecule has 0 aromatic heterocycles. The largest absolute Gasteiger partial charge is 0.400 e. The van der Waals surface area contributed by atoms with Crippen LogP contribution in [0, 0.1) is 11.8 Å². The molecule has 0 N–H and O–H groups in total. The zero-order chi connectivity index (χ0) is 31.8. The van der Waals surface area contributed by atoms with E-state index < -0.39 is 28.3 Å². The maximum atomic E-state index is 14.1. The molecule has 1 saturated carbocycles. The van der Waals surface area contributed by atoms with Crippen molar-refractivity contribution in [3.63, 3.8) is 0 Å². The minimum Gasteiger partial charge on any atom is -0.400 e. The third-order valence-electron chi connectivity index (χ3n) is 9.64. The Morgan fingerprint density at radius 3 is 1.79 bits per heavy atom. The Hall–Kier alpha value is -1.98. The Labute approximate surface area is 265 Å². The van der Waals surface area contributed by atoms with Crippen molar-refractivity contribution >= 4 is 32.8 Å². The van der Waals surface area contributed by atoms with Gasteiger partial charge in [0.2, 0.25) is 5.60 Å². The van der Waals surface area contributed by atoms with Crippen LogP contribution in [0.5, 0.6) is 0 Å². The van der Waals surface area contributed by atoms with Crippen molar-refractivity contribution in [2.75, 3.05) is 0 Å². The van der Waals surface area contributed by atoms with E-state index >= 15 is 0 Å². The van der Waals surface area contributed by atoms with Gasteiger partial charge in [-0.2, -0.15) is 0 Å². The molecule has 2 aromatic rings. The number of hydrogen-bond acceptors (Lipinski definition) is 3.